The third kappa shape index (κ3) is 6.19. The number of nitrogens with zero attached hydrogens (tertiary/aromatic N) is 2. The minimum Gasteiger partial charge on any atom is -0.543 e. The number of hydrogen-bond acceptors (Lipinski definition) is 3. The van der Waals surface area contributed by atoms with Crippen molar-refractivity contribution in [2.75, 3.05) is 19.6 Å². The van der Waals surface area contributed by atoms with Crippen molar-refractivity contribution in [1.29, 1.82) is 0 Å². The Balaban J connectivity index is 1.99. The lowest BCUT2D eigenvalue weighted by Crippen LogP contribution is -2.57. The van der Waals surface area contributed by atoms with Crippen LogP contribution in [0.3, 0.4) is 0 Å². The lowest BCUT2D eigenvalue weighted by molar-refractivity contribution is 0.0306. The molecule has 0 N–H and O–H groups in total. The summed E-state index contributed by atoms with van der Waals surface area (Å²) in [7, 11) is -1.91. The molecule has 3 rings (SSSR count). The Hall–Kier alpha value is -1.40. The molecule has 2 aromatic carbocycles. The molecule has 1 saturated heterocycles. The average Bonchev–Trinajstić information content (AvgIpc) is 2.72. The van der Waals surface area contributed by atoms with Crippen molar-refractivity contribution >= 4 is 24.2 Å². The van der Waals surface area contributed by atoms with E-state index in [1.54, 1.807) is 0 Å². The molecule has 0 aromatic heterocycles. The maximum Gasteiger partial charge on any atom is 0.250 e. The molecule has 180 valence electrons. The third-order valence-electron chi connectivity index (χ3n) is 7.40. The van der Waals surface area contributed by atoms with Crippen LogP contribution < -0.4 is 4.43 Å². The fraction of sp³-hybridized carbons (Fsp3) is 0.500. The maximum absolute atomic E-state index is 6.69. The van der Waals surface area contributed by atoms with E-state index in [0.29, 0.717) is 12.1 Å². The fourth-order valence-electron chi connectivity index (χ4n) is 4.42. The van der Waals surface area contributed by atoms with Crippen molar-refractivity contribution in [2.24, 2.45) is 0 Å². The number of piperazine rings is 1. The highest BCUT2D eigenvalue weighted by Crippen LogP contribution is 2.39. The zero-order chi connectivity index (χ0) is 24.4. The molecule has 0 spiro atoms. The molecule has 0 bridgehead atoms. The van der Waals surface area contributed by atoms with Crippen molar-refractivity contribution in [1.82, 2.24) is 9.80 Å². The summed E-state index contributed by atoms with van der Waals surface area (Å²) in [6.07, 6.45) is 2.02. The Morgan fingerprint density at radius 1 is 1.06 bits per heavy atom. The zero-order valence-electron chi connectivity index (χ0n) is 21.4. The van der Waals surface area contributed by atoms with E-state index in [9.17, 15) is 0 Å². The van der Waals surface area contributed by atoms with Gasteiger partial charge in [-0.05, 0) is 67.4 Å². The first-order valence-corrected chi connectivity index (χ1v) is 15.8. The van der Waals surface area contributed by atoms with Crippen molar-refractivity contribution in [3.05, 3.63) is 76.8 Å². The molecule has 1 aliphatic heterocycles. The summed E-state index contributed by atoms with van der Waals surface area (Å²) < 4.78 is 7.80. The van der Waals surface area contributed by atoms with Crippen molar-refractivity contribution < 1.29 is 4.43 Å². The molecule has 2 aromatic rings. The van der Waals surface area contributed by atoms with Gasteiger partial charge < -0.3 is 4.43 Å². The Labute approximate surface area is 211 Å². The normalized spacial score (nSPS) is 21.6. The van der Waals surface area contributed by atoms with E-state index in [-0.39, 0.29) is 11.1 Å². The van der Waals surface area contributed by atoms with Gasteiger partial charge in [0, 0.05) is 36.2 Å². The highest BCUT2D eigenvalue weighted by atomic mass is 79.9. The standard InChI is InChI=1S/C28H41BrN2OSi/c1-9-17-30-19-22(3)31(20-21(30)2)27(23-13-15-25(29)16-14-23)24-11-10-12-26(18-24)32-33(7,8)28(4,5)6/h9-16,18,21-22,27H,1,17,19-20H2,2-8H3. The Kier molecular flexibility index (Phi) is 8.31. The van der Waals surface area contributed by atoms with Crippen LogP contribution in [-0.4, -0.2) is 49.8 Å². The van der Waals surface area contributed by atoms with Gasteiger partial charge in [0.05, 0.1) is 6.04 Å². The van der Waals surface area contributed by atoms with Crippen LogP contribution in [0.1, 0.15) is 51.8 Å². The van der Waals surface area contributed by atoms with E-state index in [0.717, 1.165) is 29.9 Å². The smallest absolute Gasteiger partial charge is 0.250 e. The number of rotatable bonds is 7. The average molecular weight is 530 g/mol. The van der Waals surface area contributed by atoms with Crippen LogP contribution in [0.4, 0.5) is 0 Å². The number of benzene rings is 2. The molecule has 0 radical (unpaired) electrons. The molecular weight excluding hydrogens is 488 g/mol. The first kappa shape index (κ1) is 26.2. The Morgan fingerprint density at radius 2 is 1.73 bits per heavy atom. The molecule has 1 fully saturated rings. The van der Waals surface area contributed by atoms with E-state index in [2.05, 4.69) is 129 Å². The predicted octanol–water partition coefficient (Wildman–Crippen LogP) is 7.50. The van der Waals surface area contributed by atoms with E-state index in [1.807, 2.05) is 6.08 Å². The Morgan fingerprint density at radius 3 is 2.33 bits per heavy atom. The molecule has 3 atom stereocenters. The molecule has 3 nitrogen and oxygen atoms in total. The van der Waals surface area contributed by atoms with E-state index in [1.165, 1.54) is 11.1 Å². The second-order valence-electron chi connectivity index (χ2n) is 11.0. The van der Waals surface area contributed by atoms with Gasteiger partial charge in [-0.25, -0.2) is 0 Å². The number of halogens is 1. The predicted molar refractivity (Wildman–Crippen MR) is 148 cm³/mol. The van der Waals surface area contributed by atoms with Crippen molar-refractivity contribution in [3.8, 4) is 5.75 Å². The summed E-state index contributed by atoms with van der Waals surface area (Å²) in [6.45, 7) is 23.1. The SMILES string of the molecule is C=CCN1CC(C)N(C(c2ccc(Br)cc2)c2cccc(O[Si](C)(C)C(C)(C)C)c2)CC1C. The topological polar surface area (TPSA) is 15.7 Å². The van der Waals surface area contributed by atoms with Gasteiger partial charge in [0.1, 0.15) is 5.75 Å². The first-order valence-electron chi connectivity index (χ1n) is 12.1. The molecule has 0 saturated carbocycles. The van der Waals surface area contributed by atoms with E-state index < -0.39 is 8.32 Å². The second kappa shape index (κ2) is 10.5. The van der Waals surface area contributed by atoms with Gasteiger partial charge in [0.15, 0.2) is 0 Å². The molecule has 0 aliphatic carbocycles. The summed E-state index contributed by atoms with van der Waals surface area (Å²) in [5.74, 6) is 0.993. The van der Waals surface area contributed by atoms with Crippen LogP contribution in [0.15, 0.2) is 65.7 Å². The van der Waals surface area contributed by atoms with Gasteiger partial charge in [-0.15, -0.1) is 6.58 Å². The minimum atomic E-state index is -1.91. The van der Waals surface area contributed by atoms with Crippen LogP contribution in [0.25, 0.3) is 0 Å². The quantitative estimate of drug-likeness (QED) is 0.273. The molecule has 1 heterocycles. The van der Waals surface area contributed by atoms with Gasteiger partial charge in [0.25, 0.3) is 0 Å². The third-order valence-corrected chi connectivity index (χ3v) is 12.3. The maximum atomic E-state index is 6.69. The van der Waals surface area contributed by atoms with Crippen LogP contribution in [0.2, 0.25) is 18.1 Å². The van der Waals surface area contributed by atoms with Gasteiger partial charge >= 0.3 is 0 Å². The lowest BCUT2D eigenvalue weighted by Gasteiger charge is -2.47. The summed E-state index contributed by atoms with van der Waals surface area (Å²) >= 11 is 3.61. The van der Waals surface area contributed by atoms with E-state index in [4.69, 9.17) is 4.43 Å². The summed E-state index contributed by atoms with van der Waals surface area (Å²) in [5, 5.41) is 0.166. The largest absolute Gasteiger partial charge is 0.543 e. The van der Waals surface area contributed by atoms with Crippen molar-refractivity contribution in [2.45, 2.75) is 70.9 Å². The molecular formula is C28H41BrN2OSi. The molecule has 33 heavy (non-hydrogen) atoms. The molecule has 0 amide bonds. The van der Waals surface area contributed by atoms with Gasteiger partial charge in [-0.1, -0.05) is 67.0 Å². The molecule has 3 unspecified atom stereocenters. The Bertz CT molecular complexity index is 938. The molecule has 1 aliphatic rings. The number of hydrogen-bond donors (Lipinski definition) is 0. The highest BCUT2D eigenvalue weighted by molar-refractivity contribution is 9.10. The first-order chi connectivity index (χ1) is 15.4. The van der Waals surface area contributed by atoms with Crippen LogP contribution >= 0.6 is 15.9 Å². The summed E-state index contributed by atoms with van der Waals surface area (Å²) in [5.41, 5.74) is 2.61. The van der Waals surface area contributed by atoms with Gasteiger partial charge in [0.2, 0.25) is 8.32 Å². The molecule has 5 heteroatoms. The zero-order valence-corrected chi connectivity index (χ0v) is 24.0. The fourth-order valence-corrected chi connectivity index (χ4v) is 5.71. The van der Waals surface area contributed by atoms with Crippen LogP contribution in [0.5, 0.6) is 5.75 Å². The summed E-state index contributed by atoms with van der Waals surface area (Å²) in [4.78, 5) is 5.20. The lowest BCUT2D eigenvalue weighted by atomic mass is 9.93. The monoisotopic (exact) mass is 528 g/mol. The second-order valence-corrected chi connectivity index (χ2v) is 16.7. The highest BCUT2D eigenvalue weighted by Gasteiger charge is 2.39. The van der Waals surface area contributed by atoms with Gasteiger partial charge in [-0.2, -0.15) is 0 Å². The minimum absolute atomic E-state index is 0.166. The van der Waals surface area contributed by atoms with Gasteiger partial charge in [-0.3, -0.25) is 9.80 Å². The van der Waals surface area contributed by atoms with Crippen molar-refractivity contribution in [3.63, 3.8) is 0 Å². The van der Waals surface area contributed by atoms with Crippen LogP contribution in [0, 0.1) is 0 Å². The van der Waals surface area contributed by atoms with Crippen LogP contribution in [-0.2, 0) is 0 Å². The summed E-state index contributed by atoms with van der Waals surface area (Å²) in [6, 6.07) is 18.7. The van der Waals surface area contributed by atoms with E-state index >= 15 is 0 Å².